The fraction of sp³-hybridized carbons (Fsp3) is 0.500. The number of aromatic nitrogens is 3. The standard InChI is InChI=1S/C30H37N5OS/c1-20-7-6-10-34(16-20)17-22-11-25-26(27(12-22)37-4)18-35(28(25)36)24-9-5-8-23(13-24)30(14-21(2)15-30)29-31-19-33(3)32-29/h5,8-9,11-13,19-21H,6-7,10,14-18H2,1-4H3/t20-,21?,30?/m0/s1. The summed E-state index contributed by atoms with van der Waals surface area (Å²) in [6.45, 7) is 8.47. The van der Waals surface area contributed by atoms with Crippen LogP contribution < -0.4 is 4.90 Å². The number of thioether (sulfide) groups is 1. The quantitative estimate of drug-likeness (QED) is 0.398. The fourth-order valence-corrected chi connectivity index (χ4v) is 7.50. The largest absolute Gasteiger partial charge is 0.304 e. The van der Waals surface area contributed by atoms with Crippen molar-refractivity contribution in [1.82, 2.24) is 19.7 Å². The number of rotatable bonds is 6. The molecule has 1 aliphatic carbocycles. The molecule has 2 fully saturated rings. The third-order valence-electron chi connectivity index (χ3n) is 8.56. The van der Waals surface area contributed by atoms with Crippen molar-refractivity contribution in [3.8, 4) is 0 Å². The van der Waals surface area contributed by atoms with E-state index in [4.69, 9.17) is 5.10 Å². The molecule has 0 bridgehead atoms. The maximum absolute atomic E-state index is 13.8. The van der Waals surface area contributed by atoms with Crippen LogP contribution >= 0.6 is 11.8 Å². The molecule has 194 valence electrons. The first-order valence-electron chi connectivity index (χ1n) is 13.6. The Morgan fingerprint density at radius 1 is 1.14 bits per heavy atom. The number of hydrogen-bond donors (Lipinski definition) is 0. The molecule has 2 aliphatic heterocycles. The van der Waals surface area contributed by atoms with Gasteiger partial charge in [-0.3, -0.25) is 14.4 Å². The summed E-state index contributed by atoms with van der Waals surface area (Å²) in [6, 6.07) is 13.0. The highest BCUT2D eigenvalue weighted by Crippen LogP contribution is 2.51. The Hall–Kier alpha value is -2.64. The Morgan fingerprint density at radius 2 is 1.97 bits per heavy atom. The van der Waals surface area contributed by atoms with E-state index in [-0.39, 0.29) is 11.3 Å². The second-order valence-corrected chi connectivity index (χ2v) is 12.4. The van der Waals surface area contributed by atoms with Gasteiger partial charge in [0.15, 0.2) is 5.82 Å². The summed E-state index contributed by atoms with van der Waals surface area (Å²) in [5.74, 6) is 2.39. The van der Waals surface area contributed by atoms with Crippen molar-refractivity contribution in [1.29, 1.82) is 0 Å². The number of piperidine rings is 1. The second kappa shape index (κ2) is 9.59. The molecular weight excluding hydrogens is 478 g/mol. The molecule has 3 aromatic rings. The smallest absolute Gasteiger partial charge is 0.258 e. The first kappa shape index (κ1) is 24.7. The van der Waals surface area contributed by atoms with Crippen LogP contribution in [0.1, 0.15) is 72.4 Å². The molecular formula is C30H37N5OS. The van der Waals surface area contributed by atoms with E-state index in [1.165, 1.54) is 28.9 Å². The minimum atomic E-state index is -0.171. The number of carbonyl (C=O) groups is 1. The lowest BCUT2D eigenvalue weighted by Crippen LogP contribution is -2.42. The Labute approximate surface area is 224 Å². The Kier molecular flexibility index (Phi) is 6.40. The number of hydrogen-bond acceptors (Lipinski definition) is 5. The van der Waals surface area contributed by atoms with Crippen LogP contribution in [0, 0.1) is 11.8 Å². The van der Waals surface area contributed by atoms with E-state index in [1.807, 2.05) is 11.9 Å². The van der Waals surface area contributed by atoms with Gasteiger partial charge in [0.05, 0.1) is 12.0 Å². The van der Waals surface area contributed by atoms with Gasteiger partial charge in [-0.1, -0.05) is 26.0 Å². The maximum Gasteiger partial charge on any atom is 0.258 e. The van der Waals surface area contributed by atoms with E-state index in [0.717, 1.165) is 61.0 Å². The van der Waals surface area contributed by atoms with Crippen LogP contribution in [0.2, 0.25) is 0 Å². The number of carbonyl (C=O) groups excluding carboxylic acids is 1. The van der Waals surface area contributed by atoms with Crippen LogP contribution in [0.25, 0.3) is 0 Å². The molecule has 1 saturated carbocycles. The lowest BCUT2D eigenvalue weighted by atomic mass is 9.58. The molecule has 1 amide bonds. The Morgan fingerprint density at radius 3 is 2.68 bits per heavy atom. The number of fused-ring (bicyclic) bond motifs is 1. The number of anilines is 1. The number of aryl methyl sites for hydroxylation is 1. The molecule has 1 atom stereocenters. The van der Waals surface area contributed by atoms with Gasteiger partial charge in [0, 0.05) is 36.3 Å². The van der Waals surface area contributed by atoms with E-state index in [9.17, 15) is 4.79 Å². The third-order valence-corrected chi connectivity index (χ3v) is 9.36. The first-order chi connectivity index (χ1) is 17.9. The third kappa shape index (κ3) is 4.40. The molecule has 0 unspecified atom stereocenters. The summed E-state index contributed by atoms with van der Waals surface area (Å²) in [5.41, 5.74) is 5.29. The van der Waals surface area contributed by atoms with Gasteiger partial charge >= 0.3 is 0 Å². The molecule has 2 aromatic carbocycles. The highest BCUT2D eigenvalue weighted by atomic mass is 32.2. The predicted molar refractivity (Wildman–Crippen MR) is 149 cm³/mol. The lowest BCUT2D eigenvalue weighted by Gasteiger charge is -2.45. The van der Waals surface area contributed by atoms with Gasteiger partial charge in [0.1, 0.15) is 6.33 Å². The zero-order valence-electron chi connectivity index (χ0n) is 22.4. The summed E-state index contributed by atoms with van der Waals surface area (Å²) in [7, 11) is 1.92. The molecule has 0 radical (unpaired) electrons. The van der Waals surface area contributed by atoms with Crippen molar-refractivity contribution < 1.29 is 4.79 Å². The van der Waals surface area contributed by atoms with Gasteiger partial charge in [-0.25, -0.2) is 4.98 Å². The molecule has 1 saturated heterocycles. The van der Waals surface area contributed by atoms with E-state index >= 15 is 0 Å². The average molecular weight is 516 g/mol. The second-order valence-electron chi connectivity index (χ2n) is 11.6. The van der Waals surface area contributed by atoms with Gasteiger partial charge in [0.25, 0.3) is 5.91 Å². The predicted octanol–water partition coefficient (Wildman–Crippen LogP) is 5.65. The Bertz CT molecular complexity index is 1330. The molecule has 3 heterocycles. The summed E-state index contributed by atoms with van der Waals surface area (Å²) >= 11 is 1.75. The number of amides is 1. The van der Waals surface area contributed by atoms with Crippen LogP contribution in [-0.4, -0.2) is 44.9 Å². The molecule has 0 N–H and O–H groups in total. The summed E-state index contributed by atoms with van der Waals surface area (Å²) < 4.78 is 1.79. The number of likely N-dealkylation sites (tertiary alicyclic amines) is 1. The zero-order chi connectivity index (χ0) is 25.7. The van der Waals surface area contributed by atoms with Crippen molar-refractivity contribution >= 4 is 23.4 Å². The SMILES string of the molecule is CSc1cc(CN2CCC[C@H](C)C2)cc2c1CN(c1cccc(C3(c4ncn(C)n4)CC(C)C3)c1)C2=O. The molecule has 6 nitrogen and oxygen atoms in total. The highest BCUT2D eigenvalue weighted by Gasteiger charge is 2.48. The van der Waals surface area contributed by atoms with Gasteiger partial charge in [0.2, 0.25) is 0 Å². The summed E-state index contributed by atoms with van der Waals surface area (Å²) in [4.78, 5) is 24.2. The van der Waals surface area contributed by atoms with Crippen LogP contribution in [0.4, 0.5) is 5.69 Å². The normalized spacial score (nSPS) is 25.8. The monoisotopic (exact) mass is 515 g/mol. The van der Waals surface area contributed by atoms with Crippen molar-refractivity contribution in [2.24, 2.45) is 18.9 Å². The van der Waals surface area contributed by atoms with E-state index in [1.54, 1.807) is 22.8 Å². The molecule has 37 heavy (non-hydrogen) atoms. The lowest BCUT2D eigenvalue weighted by molar-refractivity contribution is 0.0996. The van der Waals surface area contributed by atoms with Gasteiger partial charge < -0.3 is 4.90 Å². The summed E-state index contributed by atoms with van der Waals surface area (Å²) in [5, 5.41) is 4.69. The van der Waals surface area contributed by atoms with Crippen molar-refractivity contribution in [3.05, 3.63) is 70.8 Å². The number of benzene rings is 2. The zero-order valence-corrected chi connectivity index (χ0v) is 23.2. The molecule has 6 rings (SSSR count). The molecule has 1 aromatic heterocycles. The van der Waals surface area contributed by atoms with E-state index in [2.05, 4.69) is 66.4 Å². The maximum atomic E-state index is 13.8. The van der Waals surface area contributed by atoms with Gasteiger partial charge in [-0.05, 0) is 91.3 Å². The molecule has 3 aliphatic rings. The van der Waals surface area contributed by atoms with Crippen molar-refractivity contribution in [2.45, 2.75) is 62.9 Å². The average Bonchev–Trinajstić information content (AvgIpc) is 3.45. The molecule has 0 spiro atoms. The highest BCUT2D eigenvalue weighted by molar-refractivity contribution is 7.98. The van der Waals surface area contributed by atoms with Crippen molar-refractivity contribution in [2.75, 3.05) is 24.2 Å². The Balaban J connectivity index is 1.30. The van der Waals surface area contributed by atoms with E-state index < -0.39 is 0 Å². The van der Waals surface area contributed by atoms with E-state index in [0.29, 0.717) is 12.5 Å². The van der Waals surface area contributed by atoms with Crippen molar-refractivity contribution in [3.63, 3.8) is 0 Å². The molecule has 7 heteroatoms. The topological polar surface area (TPSA) is 54.3 Å². The van der Waals surface area contributed by atoms with Crippen LogP contribution in [-0.2, 0) is 25.6 Å². The fourth-order valence-electron chi connectivity index (χ4n) is 6.81. The minimum Gasteiger partial charge on any atom is -0.304 e. The number of nitrogens with zero attached hydrogens (tertiary/aromatic N) is 5. The van der Waals surface area contributed by atoms with Crippen LogP contribution in [0.15, 0.2) is 47.6 Å². The first-order valence-corrected chi connectivity index (χ1v) is 14.8. The minimum absolute atomic E-state index is 0.114. The van der Waals surface area contributed by atoms with Crippen LogP contribution in [0.5, 0.6) is 0 Å². The summed E-state index contributed by atoms with van der Waals surface area (Å²) in [6.07, 6.45) is 8.56. The van der Waals surface area contributed by atoms with Gasteiger partial charge in [-0.15, -0.1) is 11.8 Å². The van der Waals surface area contributed by atoms with Crippen LogP contribution in [0.3, 0.4) is 0 Å². The van der Waals surface area contributed by atoms with Gasteiger partial charge in [-0.2, -0.15) is 5.10 Å².